The highest BCUT2D eigenvalue weighted by molar-refractivity contribution is 5.78. The van der Waals surface area contributed by atoms with E-state index in [9.17, 15) is 9.90 Å². The second-order valence-electron chi connectivity index (χ2n) is 4.91. The molecule has 1 amide bonds. The largest absolute Gasteiger partial charge is 0.366 e. The van der Waals surface area contributed by atoms with Crippen LogP contribution < -0.4 is 0 Å². The van der Waals surface area contributed by atoms with E-state index < -0.39 is 6.29 Å². The lowest BCUT2D eigenvalue weighted by atomic mass is 9.94. The Kier molecular flexibility index (Phi) is 3.06. The summed E-state index contributed by atoms with van der Waals surface area (Å²) in [5.41, 5.74) is 1.07. The lowest BCUT2D eigenvalue weighted by Gasteiger charge is -2.47. The maximum absolute atomic E-state index is 12.1. The number of rotatable bonds is 1. The van der Waals surface area contributed by atoms with Crippen molar-refractivity contribution < 1.29 is 14.6 Å². The molecule has 0 saturated carbocycles. The summed E-state index contributed by atoms with van der Waals surface area (Å²) in [6.07, 6.45) is 1.39. The molecule has 2 heterocycles. The molecule has 3 atom stereocenters. The van der Waals surface area contributed by atoms with Gasteiger partial charge in [0.15, 0.2) is 6.29 Å². The van der Waals surface area contributed by atoms with E-state index in [0.717, 1.165) is 18.4 Å². The Morgan fingerprint density at radius 3 is 2.83 bits per heavy atom. The molecule has 0 spiro atoms. The Bertz CT molecular complexity index is 434. The molecule has 0 bridgehead atoms. The van der Waals surface area contributed by atoms with Gasteiger partial charge >= 0.3 is 0 Å². The number of aliphatic hydroxyl groups excluding tert-OH is 1. The smallest absolute Gasteiger partial charge is 0.223 e. The fraction of sp³-hybridized carbons (Fsp3) is 0.500. The van der Waals surface area contributed by atoms with Gasteiger partial charge in [0.05, 0.1) is 18.7 Å². The van der Waals surface area contributed by atoms with E-state index in [4.69, 9.17) is 4.74 Å². The monoisotopic (exact) mass is 247 g/mol. The first-order chi connectivity index (χ1) is 8.77. The van der Waals surface area contributed by atoms with Crippen molar-refractivity contribution in [3.05, 3.63) is 35.9 Å². The summed E-state index contributed by atoms with van der Waals surface area (Å²) in [5.74, 6) is 0.127. The van der Waals surface area contributed by atoms with Crippen LogP contribution in [0, 0.1) is 0 Å². The maximum Gasteiger partial charge on any atom is 0.223 e. The standard InChI is InChI=1S/C14H17NO3/c16-13-8-4-7-11-14(17)18-9-12(15(11)13)10-5-2-1-3-6-10/h1-3,5-6,11-12,14,17H,4,7-9H2/t11-,12-,14?/m0/s1. The van der Waals surface area contributed by atoms with Crippen molar-refractivity contribution in [2.24, 2.45) is 0 Å². The zero-order valence-corrected chi connectivity index (χ0v) is 10.2. The third-order valence-corrected chi connectivity index (χ3v) is 3.81. The van der Waals surface area contributed by atoms with Crippen LogP contribution in [0.5, 0.6) is 0 Å². The van der Waals surface area contributed by atoms with Gasteiger partial charge in [-0.15, -0.1) is 0 Å². The molecule has 0 aliphatic carbocycles. The Hall–Kier alpha value is -1.39. The van der Waals surface area contributed by atoms with Crippen LogP contribution in [0.2, 0.25) is 0 Å². The number of hydrogen-bond donors (Lipinski definition) is 1. The Balaban J connectivity index is 1.92. The van der Waals surface area contributed by atoms with Crippen LogP contribution in [0.15, 0.2) is 30.3 Å². The molecule has 96 valence electrons. The molecule has 3 rings (SSSR count). The lowest BCUT2D eigenvalue weighted by Crippen LogP contribution is -2.56. The van der Waals surface area contributed by atoms with E-state index in [0.29, 0.717) is 13.0 Å². The third kappa shape index (κ3) is 1.91. The normalized spacial score (nSPS) is 32.2. The van der Waals surface area contributed by atoms with E-state index in [1.807, 2.05) is 35.2 Å². The average Bonchev–Trinajstić information content (AvgIpc) is 2.41. The van der Waals surface area contributed by atoms with Crippen LogP contribution in [0.4, 0.5) is 0 Å². The quantitative estimate of drug-likeness (QED) is 0.817. The van der Waals surface area contributed by atoms with Gasteiger partial charge < -0.3 is 14.7 Å². The van der Waals surface area contributed by atoms with Gasteiger partial charge in [0, 0.05) is 6.42 Å². The van der Waals surface area contributed by atoms with Gasteiger partial charge in [-0.1, -0.05) is 30.3 Å². The minimum absolute atomic E-state index is 0.0626. The van der Waals surface area contributed by atoms with Crippen molar-refractivity contribution in [3.8, 4) is 0 Å². The maximum atomic E-state index is 12.1. The van der Waals surface area contributed by atoms with Gasteiger partial charge in [0.2, 0.25) is 5.91 Å². The average molecular weight is 247 g/mol. The van der Waals surface area contributed by atoms with Crippen LogP contribution in [0.1, 0.15) is 30.9 Å². The molecule has 4 heteroatoms. The summed E-state index contributed by atoms with van der Waals surface area (Å²) < 4.78 is 5.42. The predicted molar refractivity (Wildman–Crippen MR) is 65.6 cm³/mol. The van der Waals surface area contributed by atoms with Crippen LogP contribution in [-0.4, -0.2) is 34.9 Å². The third-order valence-electron chi connectivity index (χ3n) is 3.81. The summed E-state index contributed by atoms with van der Waals surface area (Å²) in [5, 5.41) is 9.87. The zero-order chi connectivity index (χ0) is 12.5. The van der Waals surface area contributed by atoms with Crippen molar-refractivity contribution in [3.63, 3.8) is 0 Å². The van der Waals surface area contributed by atoms with Gasteiger partial charge in [-0.05, 0) is 18.4 Å². The Morgan fingerprint density at radius 2 is 2.06 bits per heavy atom. The van der Waals surface area contributed by atoms with E-state index in [1.165, 1.54) is 0 Å². The van der Waals surface area contributed by atoms with Crippen molar-refractivity contribution >= 4 is 5.91 Å². The van der Waals surface area contributed by atoms with E-state index in [1.54, 1.807) is 0 Å². The molecule has 2 saturated heterocycles. The van der Waals surface area contributed by atoms with Gasteiger partial charge in [0.25, 0.3) is 0 Å². The molecule has 1 N–H and O–H groups in total. The van der Waals surface area contributed by atoms with Gasteiger partial charge in [0.1, 0.15) is 0 Å². The van der Waals surface area contributed by atoms with Crippen LogP contribution in [0.3, 0.4) is 0 Å². The SMILES string of the molecule is O=C1CCC[C@H]2C(O)OC[C@@H](c3ccccc3)N12. The van der Waals surface area contributed by atoms with E-state index >= 15 is 0 Å². The van der Waals surface area contributed by atoms with Crippen LogP contribution in [-0.2, 0) is 9.53 Å². The minimum Gasteiger partial charge on any atom is -0.366 e. The number of carbonyl (C=O) groups is 1. The predicted octanol–water partition coefficient (Wildman–Crippen LogP) is 1.46. The summed E-state index contributed by atoms with van der Waals surface area (Å²) in [6, 6.07) is 9.64. The van der Waals surface area contributed by atoms with Gasteiger partial charge in [-0.3, -0.25) is 4.79 Å². The summed E-state index contributed by atoms with van der Waals surface area (Å²) >= 11 is 0. The molecule has 1 aromatic rings. The number of carbonyl (C=O) groups excluding carboxylic acids is 1. The topological polar surface area (TPSA) is 49.8 Å². The second kappa shape index (κ2) is 4.71. The molecule has 18 heavy (non-hydrogen) atoms. The molecule has 2 aliphatic rings. The minimum atomic E-state index is -0.839. The number of ether oxygens (including phenoxy) is 1. The number of benzene rings is 1. The van der Waals surface area contributed by atoms with Crippen molar-refractivity contribution in [1.29, 1.82) is 0 Å². The highest BCUT2D eigenvalue weighted by Gasteiger charge is 2.42. The number of amides is 1. The number of aliphatic hydroxyl groups is 1. The molecule has 0 aromatic heterocycles. The van der Waals surface area contributed by atoms with Crippen molar-refractivity contribution in [1.82, 2.24) is 4.90 Å². The van der Waals surface area contributed by atoms with Gasteiger partial charge in [-0.2, -0.15) is 0 Å². The molecule has 0 radical (unpaired) electrons. The Labute approximate surface area is 106 Å². The number of hydrogen-bond acceptors (Lipinski definition) is 3. The fourth-order valence-corrected chi connectivity index (χ4v) is 2.91. The fourth-order valence-electron chi connectivity index (χ4n) is 2.91. The number of piperidine rings is 1. The van der Waals surface area contributed by atoms with Crippen LogP contribution >= 0.6 is 0 Å². The summed E-state index contributed by atoms with van der Waals surface area (Å²) in [4.78, 5) is 13.9. The molecular formula is C14H17NO3. The molecule has 2 aliphatic heterocycles. The first kappa shape index (κ1) is 11.7. The number of nitrogens with zero attached hydrogens (tertiary/aromatic N) is 1. The molecule has 4 nitrogen and oxygen atoms in total. The lowest BCUT2D eigenvalue weighted by molar-refractivity contribution is -0.210. The summed E-state index contributed by atoms with van der Waals surface area (Å²) in [6.45, 7) is 0.368. The zero-order valence-electron chi connectivity index (χ0n) is 10.2. The molecule has 1 aromatic carbocycles. The molecular weight excluding hydrogens is 230 g/mol. The van der Waals surface area contributed by atoms with Gasteiger partial charge in [-0.25, -0.2) is 0 Å². The van der Waals surface area contributed by atoms with Crippen molar-refractivity contribution in [2.75, 3.05) is 6.61 Å². The molecule has 1 unspecified atom stereocenters. The van der Waals surface area contributed by atoms with E-state index in [2.05, 4.69) is 0 Å². The highest BCUT2D eigenvalue weighted by atomic mass is 16.6. The first-order valence-corrected chi connectivity index (χ1v) is 6.43. The first-order valence-electron chi connectivity index (χ1n) is 6.43. The summed E-state index contributed by atoms with van der Waals surface area (Å²) in [7, 11) is 0. The van der Waals surface area contributed by atoms with Crippen molar-refractivity contribution in [2.45, 2.75) is 37.6 Å². The molecule has 2 fully saturated rings. The Morgan fingerprint density at radius 1 is 1.28 bits per heavy atom. The number of fused-ring (bicyclic) bond motifs is 1. The highest BCUT2D eigenvalue weighted by Crippen LogP contribution is 2.35. The number of morpholine rings is 1. The second-order valence-corrected chi connectivity index (χ2v) is 4.91. The van der Waals surface area contributed by atoms with E-state index in [-0.39, 0.29) is 18.0 Å². The van der Waals surface area contributed by atoms with Crippen LogP contribution in [0.25, 0.3) is 0 Å².